The van der Waals surface area contributed by atoms with Gasteiger partial charge in [0.2, 0.25) is 0 Å². The van der Waals surface area contributed by atoms with Crippen LogP contribution in [0.3, 0.4) is 0 Å². The van der Waals surface area contributed by atoms with Gasteiger partial charge in [0.05, 0.1) is 30.1 Å². The summed E-state index contributed by atoms with van der Waals surface area (Å²) in [5.74, 6) is -0.0894. The molecule has 1 unspecified atom stereocenters. The molecule has 1 aliphatic heterocycles. The Balaban J connectivity index is 1.54. The van der Waals surface area contributed by atoms with E-state index in [2.05, 4.69) is 5.10 Å². The Bertz CT molecular complexity index is 1510. The fourth-order valence-corrected chi connectivity index (χ4v) is 5.22. The summed E-state index contributed by atoms with van der Waals surface area (Å²) in [6.45, 7) is 1.61. The molecule has 1 aliphatic rings. The van der Waals surface area contributed by atoms with Crippen molar-refractivity contribution in [1.29, 1.82) is 0 Å². The van der Waals surface area contributed by atoms with E-state index in [9.17, 15) is 19.1 Å². The molecule has 10 heteroatoms. The molecule has 5 rings (SSSR count). The molecule has 0 aliphatic carbocycles. The summed E-state index contributed by atoms with van der Waals surface area (Å²) in [4.78, 5) is 29.2. The fourth-order valence-electron chi connectivity index (χ4n) is 5.22. The smallest absolute Gasteiger partial charge is 0.407 e. The van der Waals surface area contributed by atoms with E-state index in [0.717, 1.165) is 5.56 Å². The predicted molar refractivity (Wildman–Crippen MR) is 156 cm³/mol. The number of aromatic nitrogens is 2. The monoisotopic (exact) mass is 572 g/mol. The number of piperazine rings is 1. The lowest BCUT2D eigenvalue weighted by Crippen LogP contribution is -2.57. The number of ether oxygens (including phenoxy) is 2. The minimum Gasteiger partial charge on any atom is -0.491 e. The molecule has 1 aromatic heterocycles. The first-order valence-electron chi connectivity index (χ1n) is 13.8. The highest BCUT2D eigenvalue weighted by Crippen LogP contribution is 2.33. The lowest BCUT2D eigenvalue weighted by atomic mass is 10.00. The predicted octanol–water partition coefficient (Wildman–Crippen LogP) is 5.14. The number of nitrogens with zero attached hydrogens (tertiary/aromatic N) is 4. The van der Waals surface area contributed by atoms with E-state index < -0.39 is 11.9 Å². The third-order valence-corrected chi connectivity index (χ3v) is 7.29. The van der Waals surface area contributed by atoms with Gasteiger partial charge in [-0.05, 0) is 48.4 Å². The van der Waals surface area contributed by atoms with Crippen LogP contribution in [0.4, 0.5) is 9.18 Å². The van der Waals surface area contributed by atoms with Gasteiger partial charge in [-0.2, -0.15) is 5.10 Å². The van der Waals surface area contributed by atoms with Crippen LogP contribution in [-0.4, -0.2) is 82.7 Å². The zero-order valence-electron chi connectivity index (χ0n) is 23.4. The van der Waals surface area contributed by atoms with Crippen LogP contribution in [0.1, 0.15) is 22.3 Å². The van der Waals surface area contributed by atoms with E-state index in [4.69, 9.17) is 9.47 Å². The molecule has 218 valence electrons. The van der Waals surface area contributed by atoms with Gasteiger partial charge in [-0.25, -0.2) is 13.9 Å². The summed E-state index contributed by atoms with van der Waals surface area (Å²) in [7, 11) is 1.64. The van der Waals surface area contributed by atoms with Crippen molar-refractivity contribution in [3.8, 4) is 22.7 Å². The SMILES string of the molecule is COCCCOc1ccccc1-n1ncc(C(=O)N2CCN(C(=O)O)CC2Cc2ccccc2)c1-c1ccc(F)cc1. The van der Waals surface area contributed by atoms with Crippen molar-refractivity contribution in [2.75, 3.05) is 40.0 Å². The van der Waals surface area contributed by atoms with Crippen LogP contribution < -0.4 is 4.74 Å². The molecule has 1 saturated heterocycles. The first kappa shape index (κ1) is 28.8. The highest BCUT2D eigenvalue weighted by molar-refractivity contribution is 6.00. The number of para-hydroxylation sites is 2. The number of carbonyl (C=O) groups excluding carboxylic acids is 1. The Hall–Kier alpha value is -4.70. The Labute approximate surface area is 243 Å². The summed E-state index contributed by atoms with van der Waals surface area (Å²) in [6.07, 6.45) is 1.70. The normalized spacial score (nSPS) is 15.0. The lowest BCUT2D eigenvalue weighted by Gasteiger charge is -2.40. The van der Waals surface area contributed by atoms with Crippen LogP contribution in [-0.2, 0) is 11.2 Å². The third kappa shape index (κ3) is 6.44. The molecule has 1 fully saturated rings. The van der Waals surface area contributed by atoms with Gasteiger partial charge in [0, 0.05) is 45.3 Å². The number of methoxy groups -OCH3 is 1. The van der Waals surface area contributed by atoms with Gasteiger partial charge in [0.15, 0.2) is 0 Å². The topological polar surface area (TPSA) is 97.1 Å². The van der Waals surface area contributed by atoms with Crippen molar-refractivity contribution in [3.63, 3.8) is 0 Å². The van der Waals surface area contributed by atoms with Crippen molar-refractivity contribution in [2.24, 2.45) is 0 Å². The lowest BCUT2D eigenvalue weighted by molar-refractivity contribution is 0.0451. The third-order valence-electron chi connectivity index (χ3n) is 7.29. The molecule has 0 radical (unpaired) electrons. The second-order valence-electron chi connectivity index (χ2n) is 10.1. The molecule has 0 saturated carbocycles. The maximum atomic E-state index is 14.3. The van der Waals surface area contributed by atoms with Crippen molar-refractivity contribution in [2.45, 2.75) is 18.9 Å². The van der Waals surface area contributed by atoms with E-state index in [1.165, 1.54) is 23.2 Å². The van der Waals surface area contributed by atoms with Gasteiger partial charge in [-0.3, -0.25) is 4.79 Å². The highest BCUT2D eigenvalue weighted by atomic mass is 19.1. The second kappa shape index (κ2) is 13.3. The molecule has 1 N–H and O–H groups in total. The molecule has 9 nitrogen and oxygen atoms in total. The molecule has 2 heterocycles. The molecule has 1 atom stereocenters. The van der Waals surface area contributed by atoms with Crippen molar-refractivity contribution in [3.05, 3.63) is 102 Å². The van der Waals surface area contributed by atoms with Gasteiger partial charge in [-0.1, -0.05) is 42.5 Å². The Kier molecular flexibility index (Phi) is 9.13. The van der Waals surface area contributed by atoms with Gasteiger partial charge < -0.3 is 24.4 Å². The molecule has 4 aromatic rings. The minimum absolute atomic E-state index is 0.189. The minimum atomic E-state index is -1.01. The largest absolute Gasteiger partial charge is 0.491 e. The number of carbonyl (C=O) groups is 2. The van der Waals surface area contributed by atoms with Crippen LogP contribution >= 0.6 is 0 Å². The summed E-state index contributed by atoms with van der Waals surface area (Å²) in [5, 5.41) is 14.3. The van der Waals surface area contributed by atoms with E-state index >= 15 is 0 Å². The number of benzene rings is 3. The van der Waals surface area contributed by atoms with Crippen LogP contribution in [0.2, 0.25) is 0 Å². The van der Waals surface area contributed by atoms with Crippen molar-refractivity contribution < 1.29 is 28.6 Å². The Morgan fingerprint density at radius 2 is 1.71 bits per heavy atom. The van der Waals surface area contributed by atoms with E-state index in [1.807, 2.05) is 54.6 Å². The molecule has 42 heavy (non-hydrogen) atoms. The fraction of sp³-hybridized carbons (Fsp3) is 0.281. The summed E-state index contributed by atoms with van der Waals surface area (Å²) in [6, 6.07) is 22.6. The zero-order chi connectivity index (χ0) is 29.5. The molecule has 3 aromatic carbocycles. The van der Waals surface area contributed by atoms with Crippen LogP contribution in [0.15, 0.2) is 85.1 Å². The molecular formula is C32H33FN4O5. The van der Waals surface area contributed by atoms with Crippen molar-refractivity contribution >= 4 is 12.0 Å². The van der Waals surface area contributed by atoms with Crippen LogP contribution in [0.5, 0.6) is 5.75 Å². The number of rotatable bonds is 10. The number of amides is 2. The van der Waals surface area contributed by atoms with Gasteiger partial charge in [-0.15, -0.1) is 0 Å². The molecule has 2 amide bonds. The highest BCUT2D eigenvalue weighted by Gasteiger charge is 2.35. The summed E-state index contributed by atoms with van der Waals surface area (Å²) >= 11 is 0. The zero-order valence-corrected chi connectivity index (χ0v) is 23.4. The number of hydrogen-bond donors (Lipinski definition) is 1. The first-order chi connectivity index (χ1) is 20.5. The Morgan fingerprint density at radius 1 is 0.976 bits per heavy atom. The Morgan fingerprint density at radius 3 is 2.45 bits per heavy atom. The van der Waals surface area contributed by atoms with E-state index in [1.54, 1.807) is 28.8 Å². The maximum absolute atomic E-state index is 14.3. The van der Waals surface area contributed by atoms with Crippen molar-refractivity contribution in [1.82, 2.24) is 19.6 Å². The molecule has 0 spiro atoms. The average molecular weight is 573 g/mol. The second-order valence-corrected chi connectivity index (χ2v) is 10.1. The van der Waals surface area contributed by atoms with Gasteiger partial charge in [0.25, 0.3) is 5.91 Å². The molecule has 0 bridgehead atoms. The first-order valence-corrected chi connectivity index (χ1v) is 13.8. The van der Waals surface area contributed by atoms with E-state index in [0.29, 0.717) is 54.3 Å². The number of carboxylic acid groups (broad SMARTS) is 1. The van der Waals surface area contributed by atoms with E-state index in [-0.39, 0.29) is 31.6 Å². The van der Waals surface area contributed by atoms with Gasteiger partial charge >= 0.3 is 6.09 Å². The number of halogens is 1. The molecular weight excluding hydrogens is 539 g/mol. The van der Waals surface area contributed by atoms with Crippen LogP contribution in [0.25, 0.3) is 16.9 Å². The van der Waals surface area contributed by atoms with Crippen LogP contribution in [0, 0.1) is 5.82 Å². The summed E-state index contributed by atoms with van der Waals surface area (Å²) in [5.41, 5.74) is 3.06. The standard InChI is InChI=1S/C32H33FN4O5/c1-41-18-7-19-42-29-11-6-5-10-28(29)37-30(24-12-14-25(33)15-13-24)27(21-34-37)31(38)36-17-16-35(32(39)40)22-26(36)20-23-8-3-2-4-9-23/h2-6,8-15,21,26H,7,16-20,22H2,1H3,(H,39,40). The number of hydrogen-bond acceptors (Lipinski definition) is 5. The quantitative estimate of drug-likeness (QED) is 0.264. The summed E-state index contributed by atoms with van der Waals surface area (Å²) < 4.78 is 26.8. The maximum Gasteiger partial charge on any atom is 0.407 e. The average Bonchev–Trinajstić information content (AvgIpc) is 3.45. The van der Waals surface area contributed by atoms with Gasteiger partial charge in [0.1, 0.15) is 17.3 Å².